The van der Waals surface area contributed by atoms with Crippen molar-refractivity contribution in [2.75, 3.05) is 24.4 Å². The monoisotopic (exact) mass is 403 g/mol. The lowest BCUT2D eigenvalue weighted by molar-refractivity contribution is -0.108. The number of aliphatic hydroxyl groups excluding tert-OH is 1. The fraction of sp³-hybridized carbons (Fsp3) is 0.476. The van der Waals surface area contributed by atoms with Crippen molar-refractivity contribution in [3.63, 3.8) is 0 Å². The molecule has 2 aliphatic heterocycles. The Morgan fingerprint density at radius 3 is 2.28 bits per heavy atom. The highest BCUT2D eigenvalue weighted by atomic mass is 16.6. The standard InChI is InChI=1S/C8H14N2O2.C8H12N2O.C5H7N/c1-8(2,3)6-4-7(9-5-11)10-12-6;1-9-7-2-4-8(5-3-7)10-6-11;1-5-3-2-4-6-5/h5-6H,4H2,1-3H3,(H,9,10,11);2-5,9-11H,6H2,1H3;3-4H,2H2,1H3. The fourth-order valence-corrected chi connectivity index (χ4v) is 2.31. The molecule has 0 radical (unpaired) electrons. The van der Waals surface area contributed by atoms with Crippen LogP contribution in [0.3, 0.4) is 0 Å². The number of allylic oxidation sites excluding steroid dienone is 2. The first-order valence-electron chi connectivity index (χ1n) is 9.54. The molecular formula is C21H33N5O3. The molecule has 0 saturated carbocycles. The molecule has 1 aromatic carbocycles. The molecule has 2 heterocycles. The first-order valence-corrected chi connectivity index (χ1v) is 9.54. The molecule has 0 spiro atoms. The number of oxime groups is 1. The van der Waals surface area contributed by atoms with E-state index in [1.807, 2.05) is 44.5 Å². The van der Waals surface area contributed by atoms with Crippen molar-refractivity contribution >= 4 is 29.8 Å². The molecule has 0 aromatic heterocycles. The minimum Gasteiger partial charge on any atom is -0.390 e. The van der Waals surface area contributed by atoms with E-state index < -0.39 is 0 Å². The Balaban J connectivity index is 0.000000229. The van der Waals surface area contributed by atoms with Gasteiger partial charge in [-0.15, -0.1) is 0 Å². The summed E-state index contributed by atoms with van der Waals surface area (Å²) < 4.78 is 0. The number of hydrogen-bond acceptors (Lipinski definition) is 7. The minimum absolute atomic E-state index is 0.0289. The molecule has 8 heteroatoms. The Kier molecular flexibility index (Phi) is 10.5. The highest BCUT2D eigenvalue weighted by Gasteiger charge is 2.32. The van der Waals surface area contributed by atoms with Crippen molar-refractivity contribution in [2.24, 2.45) is 15.6 Å². The summed E-state index contributed by atoms with van der Waals surface area (Å²) in [6, 6.07) is 7.69. The molecule has 0 aliphatic carbocycles. The summed E-state index contributed by atoms with van der Waals surface area (Å²) in [6.07, 6.45) is 6.41. The summed E-state index contributed by atoms with van der Waals surface area (Å²) in [7, 11) is 1.87. The average Bonchev–Trinajstić information content (AvgIpc) is 3.35. The third-order valence-corrected chi connectivity index (χ3v) is 4.13. The van der Waals surface area contributed by atoms with Gasteiger partial charge in [-0.1, -0.05) is 32.0 Å². The number of hydrogen-bond donors (Lipinski definition) is 4. The Bertz CT molecular complexity index is 703. The number of anilines is 2. The highest BCUT2D eigenvalue weighted by Crippen LogP contribution is 2.28. The Morgan fingerprint density at radius 2 is 1.90 bits per heavy atom. The summed E-state index contributed by atoms with van der Waals surface area (Å²) in [5, 5.41) is 20.6. The lowest BCUT2D eigenvalue weighted by atomic mass is 9.87. The van der Waals surface area contributed by atoms with Crippen LogP contribution in [0.4, 0.5) is 11.4 Å². The van der Waals surface area contributed by atoms with Gasteiger partial charge < -0.3 is 25.9 Å². The molecule has 1 unspecified atom stereocenters. The van der Waals surface area contributed by atoms with Gasteiger partial charge in [-0.2, -0.15) is 0 Å². The van der Waals surface area contributed by atoms with Gasteiger partial charge >= 0.3 is 0 Å². The summed E-state index contributed by atoms with van der Waals surface area (Å²) in [5.74, 6) is 0.616. The van der Waals surface area contributed by atoms with Crippen LogP contribution in [0.15, 0.2) is 46.2 Å². The van der Waals surface area contributed by atoms with E-state index in [4.69, 9.17) is 9.94 Å². The van der Waals surface area contributed by atoms with Crippen LogP contribution in [0.2, 0.25) is 0 Å². The number of benzene rings is 1. The van der Waals surface area contributed by atoms with E-state index in [9.17, 15) is 4.79 Å². The number of carbonyl (C=O) groups is 1. The molecule has 1 aromatic rings. The van der Waals surface area contributed by atoms with Crippen LogP contribution in [0.5, 0.6) is 0 Å². The van der Waals surface area contributed by atoms with Crippen LogP contribution in [0.25, 0.3) is 0 Å². The number of amides is 1. The maximum absolute atomic E-state index is 10.1. The van der Waals surface area contributed by atoms with Crippen LogP contribution in [-0.2, 0) is 9.63 Å². The van der Waals surface area contributed by atoms with E-state index >= 15 is 0 Å². The minimum atomic E-state index is -0.0289. The molecule has 0 bridgehead atoms. The second-order valence-electron chi connectivity index (χ2n) is 7.52. The van der Waals surface area contributed by atoms with Crippen molar-refractivity contribution < 1.29 is 14.7 Å². The second-order valence-corrected chi connectivity index (χ2v) is 7.52. The third-order valence-electron chi connectivity index (χ3n) is 4.13. The molecule has 160 valence electrons. The van der Waals surface area contributed by atoms with Gasteiger partial charge in [0.25, 0.3) is 0 Å². The molecule has 3 rings (SSSR count). The van der Waals surface area contributed by atoms with Gasteiger partial charge in [0, 0.05) is 48.6 Å². The van der Waals surface area contributed by atoms with E-state index in [-0.39, 0.29) is 18.2 Å². The molecule has 29 heavy (non-hydrogen) atoms. The van der Waals surface area contributed by atoms with Crippen molar-refractivity contribution in [3.05, 3.63) is 36.0 Å². The van der Waals surface area contributed by atoms with Crippen LogP contribution >= 0.6 is 0 Å². The van der Waals surface area contributed by atoms with Crippen molar-refractivity contribution in [1.29, 1.82) is 0 Å². The number of nitrogens with zero attached hydrogens (tertiary/aromatic N) is 2. The average molecular weight is 404 g/mol. The van der Waals surface area contributed by atoms with E-state index in [1.165, 1.54) is 0 Å². The van der Waals surface area contributed by atoms with Crippen molar-refractivity contribution in [3.8, 4) is 0 Å². The Morgan fingerprint density at radius 1 is 1.24 bits per heavy atom. The van der Waals surface area contributed by atoms with E-state index in [0.717, 1.165) is 23.5 Å². The molecule has 2 aliphatic rings. The fourth-order valence-electron chi connectivity index (χ4n) is 2.31. The topological polar surface area (TPSA) is 107 Å². The summed E-state index contributed by atoms with van der Waals surface area (Å²) >= 11 is 0. The predicted molar refractivity (Wildman–Crippen MR) is 119 cm³/mol. The second kappa shape index (κ2) is 12.6. The van der Waals surface area contributed by atoms with Crippen molar-refractivity contribution in [1.82, 2.24) is 5.32 Å². The number of aliphatic hydroxyl groups is 1. The molecule has 4 N–H and O–H groups in total. The summed E-state index contributed by atoms with van der Waals surface area (Å²) in [5.41, 5.74) is 3.20. The predicted octanol–water partition coefficient (Wildman–Crippen LogP) is 3.34. The Labute approximate surface area is 173 Å². The van der Waals surface area contributed by atoms with Crippen LogP contribution in [-0.4, -0.2) is 43.4 Å². The normalized spacial score (nSPS) is 16.8. The van der Waals surface area contributed by atoms with Crippen LogP contribution < -0.4 is 16.0 Å². The first kappa shape index (κ1) is 24.2. The van der Waals surface area contributed by atoms with Crippen LogP contribution in [0, 0.1) is 5.41 Å². The van der Waals surface area contributed by atoms with E-state index in [1.54, 1.807) is 0 Å². The number of aliphatic imine (C=N–C) groups is 1. The number of rotatable bonds is 4. The van der Waals surface area contributed by atoms with Gasteiger partial charge in [0.1, 0.15) is 12.8 Å². The highest BCUT2D eigenvalue weighted by molar-refractivity contribution is 5.91. The van der Waals surface area contributed by atoms with Gasteiger partial charge in [0.15, 0.2) is 5.84 Å². The largest absolute Gasteiger partial charge is 0.390 e. The quantitative estimate of drug-likeness (QED) is 0.456. The van der Waals surface area contributed by atoms with Gasteiger partial charge in [0.05, 0.1) is 0 Å². The molecule has 0 saturated heterocycles. The zero-order valence-electron chi connectivity index (χ0n) is 17.9. The lowest BCUT2D eigenvalue weighted by Gasteiger charge is -2.23. The van der Waals surface area contributed by atoms with Gasteiger partial charge in [-0.25, -0.2) is 0 Å². The van der Waals surface area contributed by atoms with E-state index in [0.29, 0.717) is 18.7 Å². The van der Waals surface area contributed by atoms with Gasteiger partial charge in [0.2, 0.25) is 6.41 Å². The number of carbonyl (C=O) groups excluding carboxylic acids is 1. The smallest absolute Gasteiger partial charge is 0.212 e. The van der Waals surface area contributed by atoms with Gasteiger partial charge in [-0.3, -0.25) is 9.79 Å². The summed E-state index contributed by atoms with van der Waals surface area (Å²) in [6.45, 7) is 8.22. The molecule has 1 atom stereocenters. The molecule has 8 nitrogen and oxygen atoms in total. The van der Waals surface area contributed by atoms with E-state index in [2.05, 4.69) is 52.9 Å². The summed E-state index contributed by atoms with van der Waals surface area (Å²) in [4.78, 5) is 19.2. The molecular weight excluding hydrogens is 370 g/mol. The number of nitrogens with one attached hydrogen (secondary N) is 3. The Hall–Kier alpha value is -2.87. The zero-order valence-corrected chi connectivity index (χ0v) is 17.9. The maximum Gasteiger partial charge on any atom is 0.212 e. The molecule has 1 amide bonds. The van der Waals surface area contributed by atoms with Gasteiger partial charge in [-0.05, 0) is 31.2 Å². The third kappa shape index (κ3) is 9.75. The zero-order chi connectivity index (χ0) is 21.7. The molecule has 0 fully saturated rings. The lowest BCUT2D eigenvalue weighted by Crippen LogP contribution is -2.29. The first-order chi connectivity index (χ1) is 13.8. The van der Waals surface area contributed by atoms with Crippen LogP contribution in [0.1, 0.15) is 40.5 Å². The maximum atomic E-state index is 10.1. The SMILES string of the molecule is CC(C)(C)C1CC(NC=O)=NO1.CC1=CCC=N1.CNc1ccc(NCO)cc1. The van der Waals surface area contributed by atoms with Crippen molar-refractivity contribution in [2.45, 2.75) is 46.6 Å². The number of amidine groups is 1.